The van der Waals surface area contributed by atoms with Gasteiger partial charge in [0.15, 0.2) is 11.6 Å². The highest BCUT2D eigenvalue weighted by Crippen LogP contribution is 2.22. The molecule has 1 heterocycles. The minimum Gasteiger partial charge on any atom is -0.422 e. The number of nitrogens with zero attached hydrogens (tertiary/aromatic N) is 2. The predicted molar refractivity (Wildman–Crippen MR) is 91.6 cm³/mol. The van der Waals surface area contributed by atoms with Crippen LogP contribution >= 0.6 is 15.9 Å². The number of hydrogen-bond donors (Lipinski definition) is 0. The topological polar surface area (TPSA) is 53.2 Å². The Balaban J connectivity index is 1.91. The quantitative estimate of drug-likeness (QED) is 0.505. The maximum Gasteiger partial charge on any atom is 0.331 e. The number of halogens is 2. The summed E-state index contributed by atoms with van der Waals surface area (Å²) in [5, 5.41) is 0. The maximum atomic E-state index is 13.8. The summed E-state index contributed by atoms with van der Waals surface area (Å²) in [6.07, 6.45) is 0. The van der Waals surface area contributed by atoms with E-state index in [0.29, 0.717) is 16.5 Å². The first-order valence-corrected chi connectivity index (χ1v) is 8.14. The van der Waals surface area contributed by atoms with Gasteiger partial charge in [-0.15, -0.1) is 0 Å². The minimum absolute atomic E-state index is 0.171. The third-order valence-corrected chi connectivity index (χ3v) is 4.14. The van der Waals surface area contributed by atoms with Crippen molar-refractivity contribution in [2.24, 2.45) is 0 Å². The van der Waals surface area contributed by atoms with Crippen LogP contribution in [0.15, 0.2) is 51.7 Å². The van der Waals surface area contributed by atoms with Crippen LogP contribution in [0.2, 0.25) is 0 Å². The summed E-state index contributed by atoms with van der Waals surface area (Å²) in [6.45, 7) is 2.05. The van der Waals surface area contributed by atoms with E-state index >= 15 is 0 Å². The number of hydrogen-bond acceptors (Lipinski definition) is 3. The lowest BCUT2D eigenvalue weighted by Gasteiger charge is -2.06. The van der Waals surface area contributed by atoms with Crippen LogP contribution in [0.4, 0.5) is 4.39 Å². The first-order valence-electron chi connectivity index (χ1n) is 7.35. The second-order valence-corrected chi connectivity index (χ2v) is 6.07. The second kappa shape index (κ2) is 6.60. The number of esters is 1. The van der Waals surface area contributed by atoms with Gasteiger partial charge in [0, 0.05) is 11.0 Å². The number of carbonyl (C=O) groups excluding carboxylic acids is 1. The third-order valence-electron chi connectivity index (χ3n) is 3.65. The van der Waals surface area contributed by atoms with E-state index in [2.05, 4.69) is 15.9 Å². The Kier molecular flexibility index (Phi) is 4.53. The molecule has 0 saturated heterocycles. The van der Waals surface area contributed by atoms with E-state index in [1.54, 1.807) is 22.8 Å². The molecule has 5 nitrogen and oxygen atoms in total. The number of carbonyl (C=O) groups is 1. The Morgan fingerprint density at radius 2 is 1.83 bits per heavy atom. The molecule has 0 amide bonds. The fraction of sp³-hybridized carbons (Fsp3) is 0.176. The molecule has 2 aromatic carbocycles. The standard InChI is InChI=1S/C17H14BrFN2O3/c1-2-20-13-5-3-4-6-14(13)21(17(20)23)10-16(22)24-15-8-7-11(18)9-12(15)19/h3-9H,2,10H2,1H3. The Morgan fingerprint density at radius 3 is 2.46 bits per heavy atom. The van der Waals surface area contributed by atoms with Gasteiger partial charge in [0.1, 0.15) is 6.54 Å². The summed E-state index contributed by atoms with van der Waals surface area (Å²) < 4.78 is 22.3. The van der Waals surface area contributed by atoms with Gasteiger partial charge in [0.05, 0.1) is 11.0 Å². The smallest absolute Gasteiger partial charge is 0.331 e. The van der Waals surface area contributed by atoms with Crippen molar-refractivity contribution in [1.82, 2.24) is 9.13 Å². The molecule has 0 aliphatic rings. The number of benzene rings is 2. The van der Waals surface area contributed by atoms with Crippen molar-refractivity contribution in [3.63, 3.8) is 0 Å². The van der Waals surface area contributed by atoms with Crippen LogP contribution in [0.3, 0.4) is 0 Å². The van der Waals surface area contributed by atoms with Crippen molar-refractivity contribution in [3.8, 4) is 5.75 Å². The molecule has 7 heteroatoms. The van der Waals surface area contributed by atoms with Gasteiger partial charge in [-0.25, -0.2) is 14.0 Å². The molecule has 0 N–H and O–H groups in total. The number of aryl methyl sites for hydroxylation is 1. The molecule has 0 spiro atoms. The van der Waals surface area contributed by atoms with E-state index in [4.69, 9.17) is 4.74 Å². The zero-order valence-corrected chi connectivity index (χ0v) is 14.4. The average Bonchev–Trinajstić information content (AvgIpc) is 2.82. The van der Waals surface area contributed by atoms with Gasteiger partial charge in [0.2, 0.25) is 0 Å². The largest absolute Gasteiger partial charge is 0.422 e. The van der Waals surface area contributed by atoms with Crippen LogP contribution in [0.5, 0.6) is 5.75 Å². The summed E-state index contributed by atoms with van der Waals surface area (Å²) in [5.74, 6) is -1.53. The average molecular weight is 393 g/mol. The third kappa shape index (κ3) is 2.99. The zero-order chi connectivity index (χ0) is 17.3. The number of para-hydroxylation sites is 2. The highest BCUT2D eigenvalue weighted by molar-refractivity contribution is 9.10. The molecule has 0 atom stereocenters. The lowest BCUT2D eigenvalue weighted by atomic mass is 10.3. The van der Waals surface area contributed by atoms with Crippen LogP contribution in [-0.4, -0.2) is 15.1 Å². The fourth-order valence-electron chi connectivity index (χ4n) is 2.57. The van der Waals surface area contributed by atoms with Crippen LogP contribution in [0, 0.1) is 5.82 Å². The first-order chi connectivity index (χ1) is 11.5. The predicted octanol–water partition coefficient (Wildman–Crippen LogP) is 3.33. The molecule has 3 rings (SSSR count). The molecule has 0 aliphatic heterocycles. The van der Waals surface area contributed by atoms with Gasteiger partial charge in [-0.3, -0.25) is 9.13 Å². The number of imidazole rings is 1. The summed E-state index contributed by atoms with van der Waals surface area (Å²) >= 11 is 3.13. The highest BCUT2D eigenvalue weighted by Gasteiger charge is 2.16. The van der Waals surface area contributed by atoms with E-state index in [1.165, 1.54) is 16.7 Å². The molecule has 124 valence electrons. The Hall–Kier alpha value is -2.41. The SMILES string of the molecule is CCn1c(=O)n(CC(=O)Oc2ccc(Br)cc2F)c2ccccc21. The fourth-order valence-corrected chi connectivity index (χ4v) is 2.91. The van der Waals surface area contributed by atoms with Crippen molar-refractivity contribution in [3.05, 3.63) is 63.2 Å². The van der Waals surface area contributed by atoms with Gasteiger partial charge in [0.25, 0.3) is 0 Å². The number of aromatic nitrogens is 2. The minimum atomic E-state index is -0.711. The summed E-state index contributed by atoms with van der Waals surface area (Å²) in [4.78, 5) is 24.6. The molecule has 0 aliphatic carbocycles. The Labute approximate surface area is 145 Å². The van der Waals surface area contributed by atoms with E-state index in [0.717, 1.165) is 5.52 Å². The van der Waals surface area contributed by atoms with Gasteiger partial charge in [-0.05, 0) is 37.3 Å². The van der Waals surface area contributed by atoms with Crippen molar-refractivity contribution >= 4 is 32.9 Å². The highest BCUT2D eigenvalue weighted by atomic mass is 79.9. The molecule has 0 bridgehead atoms. The van der Waals surface area contributed by atoms with Crippen LogP contribution < -0.4 is 10.4 Å². The van der Waals surface area contributed by atoms with E-state index in [9.17, 15) is 14.0 Å². The Morgan fingerprint density at radius 1 is 1.17 bits per heavy atom. The lowest BCUT2D eigenvalue weighted by Crippen LogP contribution is -2.28. The summed E-state index contributed by atoms with van der Waals surface area (Å²) in [7, 11) is 0. The molecule has 24 heavy (non-hydrogen) atoms. The van der Waals surface area contributed by atoms with Crippen molar-refractivity contribution < 1.29 is 13.9 Å². The molecule has 3 aromatic rings. The molecule has 0 saturated carbocycles. The van der Waals surface area contributed by atoms with E-state index < -0.39 is 11.8 Å². The molecular weight excluding hydrogens is 379 g/mol. The maximum absolute atomic E-state index is 13.8. The number of fused-ring (bicyclic) bond motifs is 1. The van der Waals surface area contributed by atoms with Gasteiger partial charge < -0.3 is 4.74 Å². The van der Waals surface area contributed by atoms with Crippen LogP contribution in [-0.2, 0) is 17.9 Å². The molecule has 0 radical (unpaired) electrons. The van der Waals surface area contributed by atoms with Crippen molar-refractivity contribution in [1.29, 1.82) is 0 Å². The second-order valence-electron chi connectivity index (χ2n) is 5.15. The van der Waals surface area contributed by atoms with Gasteiger partial charge in [-0.2, -0.15) is 0 Å². The molecular formula is C17H14BrFN2O3. The summed E-state index contributed by atoms with van der Waals surface area (Å²) in [5.41, 5.74) is 1.08. The normalized spacial score (nSPS) is 11.0. The molecule has 1 aromatic heterocycles. The first kappa shape index (κ1) is 16.4. The van der Waals surface area contributed by atoms with Gasteiger partial charge >= 0.3 is 11.7 Å². The van der Waals surface area contributed by atoms with Crippen molar-refractivity contribution in [2.45, 2.75) is 20.0 Å². The van der Waals surface area contributed by atoms with E-state index in [-0.39, 0.29) is 18.0 Å². The Bertz CT molecular complexity index is 978. The molecule has 0 unspecified atom stereocenters. The lowest BCUT2D eigenvalue weighted by molar-refractivity contribution is -0.135. The van der Waals surface area contributed by atoms with Crippen LogP contribution in [0.25, 0.3) is 11.0 Å². The molecule has 0 fully saturated rings. The van der Waals surface area contributed by atoms with Crippen molar-refractivity contribution in [2.75, 3.05) is 0 Å². The summed E-state index contributed by atoms with van der Waals surface area (Å²) in [6, 6.07) is 11.3. The number of ether oxygens (including phenoxy) is 1. The monoisotopic (exact) mass is 392 g/mol. The zero-order valence-electron chi connectivity index (χ0n) is 12.8. The number of rotatable bonds is 4. The van der Waals surface area contributed by atoms with E-state index in [1.807, 2.05) is 19.1 Å². The van der Waals surface area contributed by atoms with Gasteiger partial charge in [-0.1, -0.05) is 28.1 Å². The van der Waals surface area contributed by atoms with Crippen LogP contribution in [0.1, 0.15) is 6.92 Å².